The molecule has 0 radical (unpaired) electrons. The molecule has 3 N–H and O–H groups in total. The fourth-order valence-electron chi connectivity index (χ4n) is 4.94. The van der Waals surface area contributed by atoms with Gasteiger partial charge in [-0.2, -0.15) is 0 Å². The molecule has 272 valence electrons. The normalized spacial score (nSPS) is 17.6. The zero-order chi connectivity index (χ0) is 36.8. The molecule has 0 bridgehead atoms. The summed E-state index contributed by atoms with van der Waals surface area (Å²) in [5.74, 6) is -0.736. The summed E-state index contributed by atoms with van der Waals surface area (Å²) < 4.78 is 11.1. The maximum atomic E-state index is 13.2. The number of nitrogens with one attached hydrogen (secondary N) is 3. The number of alkyl carbamates (subject to hydrolysis) is 1. The summed E-state index contributed by atoms with van der Waals surface area (Å²) in [6, 6.07) is -0.704. The summed E-state index contributed by atoms with van der Waals surface area (Å²) in [4.78, 5) is 61.6. The quantitative estimate of drug-likeness (QED) is 0.0425. The van der Waals surface area contributed by atoms with Gasteiger partial charge >= 0.3 is 12.1 Å². The first-order valence-electron chi connectivity index (χ1n) is 17.4. The molecule has 1 aliphatic heterocycles. The van der Waals surface area contributed by atoms with Crippen molar-refractivity contribution in [3.63, 3.8) is 0 Å². The van der Waals surface area contributed by atoms with E-state index >= 15 is 0 Å². The largest absolute Gasteiger partial charge is 0.458 e. The van der Waals surface area contributed by atoms with Crippen molar-refractivity contribution in [2.45, 2.75) is 119 Å². The van der Waals surface area contributed by atoms with Crippen molar-refractivity contribution in [3.8, 4) is 0 Å². The molecule has 1 aliphatic rings. The molecule has 0 aromatic carbocycles. The fourth-order valence-corrected chi connectivity index (χ4v) is 4.94. The van der Waals surface area contributed by atoms with Crippen LogP contribution in [0.5, 0.6) is 0 Å². The lowest BCUT2D eigenvalue weighted by molar-refractivity contribution is -0.147. The van der Waals surface area contributed by atoms with E-state index in [2.05, 4.69) is 16.0 Å². The van der Waals surface area contributed by atoms with E-state index in [-0.39, 0.29) is 42.0 Å². The predicted molar refractivity (Wildman–Crippen MR) is 194 cm³/mol. The van der Waals surface area contributed by atoms with Crippen molar-refractivity contribution < 1.29 is 33.4 Å². The van der Waals surface area contributed by atoms with Crippen LogP contribution < -0.4 is 16.0 Å². The maximum Gasteiger partial charge on any atom is 0.407 e. The second-order valence-corrected chi connectivity index (χ2v) is 13.5. The monoisotopic (exact) mass is 681 g/mol. The Kier molecular flexibility index (Phi) is 20.3. The van der Waals surface area contributed by atoms with E-state index in [0.717, 1.165) is 12.0 Å². The van der Waals surface area contributed by atoms with Gasteiger partial charge in [0.15, 0.2) is 5.78 Å². The number of ketones is 1. The van der Waals surface area contributed by atoms with Gasteiger partial charge in [-0.15, -0.1) is 0 Å². The predicted octanol–water partition coefficient (Wildman–Crippen LogP) is 6.75. The van der Waals surface area contributed by atoms with Gasteiger partial charge in [-0.1, -0.05) is 94.9 Å². The number of hydrogen-bond acceptors (Lipinski definition) is 7. The molecule has 3 amide bonds. The number of rotatable bonds is 20. The third-order valence-electron chi connectivity index (χ3n) is 7.76. The maximum absolute atomic E-state index is 13.2. The smallest absolute Gasteiger partial charge is 0.407 e. The molecular formula is C39H59N3O7. The van der Waals surface area contributed by atoms with Crippen LogP contribution in [0.2, 0.25) is 0 Å². The summed E-state index contributed by atoms with van der Waals surface area (Å²) in [5, 5.41) is 8.37. The Labute approximate surface area is 293 Å². The number of hydrogen-bond donors (Lipinski definition) is 3. The van der Waals surface area contributed by atoms with E-state index in [1.807, 2.05) is 84.9 Å². The minimum Gasteiger partial charge on any atom is -0.458 e. The molecule has 0 fully saturated rings. The van der Waals surface area contributed by atoms with Gasteiger partial charge in [-0.05, 0) is 39.0 Å². The minimum atomic E-state index is -0.704. The van der Waals surface area contributed by atoms with Crippen LogP contribution in [0.1, 0.15) is 100 Å². The van der Waals surface area contributed by atoms with E-state index in [9.17, 15) is 24.0 Å². The number of carbonyl (C=O) groups excluding carboxylic acids is 5. The highest BCUT2D eigenvalue weighted by molar-refractivity contribution is 5.94. The molecule has 0 spiro atoms. The van der Waals surface area contributed by atoms with Crippen LogP contribution in [0.25, 0.3) is 0 Å². The molecule has 0 unspecified atom stereocenters. The molecule has 4 atom stereocenters. The number of Topliss-reactive ketones (excluding diaryl/α,β-unsaturated/α-hetero) is 1. The Morgan fingerprint density at radius 2 is 1.71 bits per heavy atom. The highest BCUT2D eigenvalue weighted by Gasteiger charge is 2.31. The van der Waals surface area contributed by atoms with Crippen LogP contribution in [0.3, 0.4) is 0 Å². The fraction of sp³-hybridized carbons (Fsp3) is 0.564. The van der Waals surface area contributed by atoms with Gasteiger partial charge < -0.3 is 25.4 Å². The van der Waals surface area contributed by atoms with E-state index in [1.165, 1.54) is 6.08 Å². The first-order valence-corrected chi connectivity index (χ1v) is 17.4. The second kappa shape index (κ2) is 23.2. The first-order chi connectivity index (χ1) is 23.2. The molecule has 10 nitrogen and oxygen atoms in total. The second-order valence-electron chi connectivity index (χ2n) is 13.5. The van der Waals surface area contributed by atoms with Gasteiger partial charge in [-0.3, -0.25) is 14.4 Å². The molecule has 0 saturated heterocycles. The number of ether oxygens (including phenoxy) is 2. The van der Waals surface area contributed by atoms with Crippen molar-refractivity contribution in [2.24, 2.45) is 11.3 Å². The van der Waals surface area contributed by atoms with Crippen molar-refractivity contribution in [3.05, 3.63) is 71.9 Å². The van der Waals surface area contributed by atoms with Crippen molar-refractivity contribution in [2.75, 3.05) is 13.1 Å². The van der Waals surface area contributed by atoms with Crippen LogP contribution in [0.4, 0.5) is 4.79 Å². The van der Waals surface area contributed by atoms with Gasteiger partial charge in [0.1, 0.15) is 12.2 Å². The molecule has 0 aromatic rings. The van der Waals surface area contributed by atoms with Crippen molar-refractivity contribution in [1.29, 1.82) is 0 Å². The highest BCUT2D eigenvalue weighted by atomic mass is 16.6. The van der Waals surface area contributed by atoms with Gasteiger partial charge in [0.25, 0.3) is 0 Å². The molecular weight excluding hydrogens is 622 g/mol. The Hall–Kier alpha value is -4.21. The van der Waals surface area contributed by atoms with Gasteiger partial charge in [0.05, 0.1) is 6.04 Å². The molecule has 10 heteroatoms. The highest BCUT2D eigenvalue weighted by Crippen LogP contribution is 2.23. The van der Waals surface area contributed by atoms with E-state index in [4.69, 9.17) is 9.47 Å². The average Bonchev–Trinajstić information content (AvgIpc) is 3.03. The summed E-state index contributed by atoms with van der Waals surface area (Å²) in [5.41, 5.74) is 1.10. The zero-order valence-corrected chi connectivity index (χ0v) is 30.8. The summed E-state index contributed by atoms with van der Waals surface area (Å²) >= 11 is 0. The Morgan fingerprint density at radius 1 is 1.04 bits per heavy atom. The Balaban J connectivity index is 2.63. The molecule has 0 aliphatic carbocycles. The molecule has 0 aromatic heterocycles. The van der Waals surface area contributed by atoms with Crippen LogP contribution in [-0.2, 0) is 28.7 Å². The summed E-state index contributed by atoms with van der Waals surface area (Å²) in [6.45, 7) is 16.1. The molecule has 1 heterocycles. The van der Waals surface area contributed by atoms with Crippen molar-refractivity contribution >= 4 is 29.7 Å². The third kappa shape index (κ3) is 18.8. The van der Waals surface area contributed by atoms with Gasteiger partial charge in [0, 0.05) is 62.8 Å². The number of cyclic esters (lactones) is 1. The zero-order valence-electron chi connectivity index (χ0n) is 30.8. The Morgan fingerprint density at radius 3 is 2.37 bits per heavy atom. The first kappa shape index (κ1) is 42.8. The number of allylic oxidation sites excluding steroid dienone is 6. The van der Waals surface area contributed by atoms with E-state index in [0.29, 0.717) is 50.8 Å². The van der Waals surface area contributed by atoms with Crippen LogP contribution in [-0.4, -0.2) is 61.0 Å². The summed E-state index contributed by atoms with van der Waals surface area (Å²) in [7, 11) is 0. The lowest BCUT2D eigenvalue weighted by Crippen LogP contribution is -2.48. The lowest BCUT2D eigenvalue weighted by Gasteiger charge is -2.29. The summed E-state index contributed by atoms with van der Waals surface area (Å²) in [6.07, 6.45) is 20.4. The topological polar surface area (TPSA) is 140 Å². The van der Waals surface area contributed by atoms with E-state index in [1.54, 1.807) is 25.2 Å². The molecule has 1 rings (SSSR count). The van der Waals surface area contributed by atoms with Crippen LogP contribution in [0.15, 0.2) is 71.9 Å². The molecule has 49 heavy (non-hydrogen) atoms. The Bertz CT molecular complexity index is 1280. The average molecular weight is 682 g/mol. The number of amides is 3. The molecule has 0 saturated carbocycles. The minimum absolute atomic E-state index is 0.00303. The number of esters is 1. The van der Waals surface area contributed by atoms with Crippen LogP contribution >= 0.6 is 0 Å². The van der Waals surface area contributed by atoms with Crippen molar-refractivity contribution in [1.82, 2.24) is 16.0 Å². The van der Waals surface area contributed by atoms with Gasteiger partial charge in [-0.25, -0.2) is 9.59 Å². The SMILES string of the molecule is C/C=C\C[C@@H](C/C=C\CC(=O)[C@@H](NC(=O)\C=C/C=C\C(C)=C\[C@H](C)[C@@H]1CC=C(C)C(=O)O1)C(C)(C)C)OC(=O)NCCCNC(=O)CCC. The van der Waals surface area contributed by atoms with Gasteiger partial charge in [0.2, 0.25) is 11.8 Å². The van der Waals surface area contributed by atoms with E-state index < -0.39 is 23.7 Å². The third-order valence-corrected chi connectivity index (χ3v) is 7.76. The number of carbonyl (C=O) groups is 5. The standard InChI is InChI=1S/C39H59N3O7/c1-9-11-19-31(48-38(47)41-26-16-25-40-34(44)17-10-2)20-13-14-21-32(43)36(39(6,7)8)42-35(45)22-15-12-18-28(3)27-30(5)33-24-23-29(4)37(46)49-33/h9,11-15,18,22-23,27,30-31,33,36H,10,16-17,19-21,24-26H2,1-8H3,(H,40,44)(H,41,47)(H,42,45)/b11-9-,14-13-,18-12-,22-15-,28-27+/t30-,31-,33-,36+/m0/s1. The van der Waals surface area contributed by atoms with Crippen LogP contribution in [0, 0.1) is 11.3 Å². The lowest BCUT2D eigenvalue weighted by atomic mass is 9.83.